The lowest BCUT2D eigenvalue weighted by Gasteiger charge is -2.29. The van der Waals surface area contributed by atoms with E-state index in [-0.39, 0.29) is 45.9 Å². The lowest BCUT2D eigenvalue weighted by atomic mass is 10.2. The largest absolute Gasteiger partial charge is 1.00 e. The Balaban J connectivity index is 0.00000300. The number of halogens is 2. The molecule has 56 heavy (non-hydrogen) atoms. The minimum absolute atomic E-state index is 0. The van der Waals surface area contributed by atoms with Crippen molar-refractivity contribution in [1.82, 2.24) is 0 Å². The van der Waals surface area contributed by atoms with Crippen molar-refractivity contribution in [3.8, 4) is 11.5 Å². The van der Waals surface area contributed by atoms with Crippen LogP contribution in [0.25, 0.3) is 0 Å². The van der Waals surface area contributed by atoms with Gasteiger partial charge in [0.2, 0.25) is 0 Å². The van der Waals surface area contributed by atoms with Gasteiger partial charge in [-0.25, -0.2) is 0 Å². The van der Waals surface area contributed by atoms with Gasteiger partial charge in [-0.15, -0.1) is 0 Å². The molecule has 7 rings (SSSR count). The zero-order valence-corrected chi connectivity index (χ0v) is 36.1. The van der Waals surface area contributed by atoms with Gasteiger partial charge in [-0.3, -0.25) is 9.59 Å². The van der Waals surface area contributed by atoms with Gasteiger partial charge in [0, 0.05) is 13.8 Å². The normalized spacial score (nSPS) is 11.0. The van der Waals surface area contributed by atoms with Crippen LogP contribution in [-0.4, -0.2) is 11.9 Å². The minimum atomic E-state index is -2.21. The zero-order chi connectivity index (χ0) is 37.4. The van der Waals surface area contributed by atoms with Crippen LogP contribution in [0.5, 0.6) is 11.5 Å². The second-order valence-corrected chi connectivity index (χ2v) is 20.2. The Kier molecular flexibility index (Phi) is 14.7. The third-order valence-corrected chi connectivity index (χ3v) is 18.5. The molecular formula is C48H42Br2O4P2. The summed E-state index contributed by atoms with van der Waals surface area (Å²) in [6.45, 7) is 2.85. The molecule has 0 aliphatic heterocycles. The average molecular weight is 905 g/mol. The molecule has 0 amide bonds. The molecule has 8 heteroatoms. The van der Waals surface area contributed by atoms with Crippen molar-refractivity contribution in [2.24, 2.45) is 0 Å². The maximum absolute atomic E-state index is 11.8. The molecule has 0 saturated carbocycles. The van der Waals surface area contributed by atoms with E-state index in [4.69, 9.17) is 9.47 Å². The molecule has 0 heterocycles. The number of carbonyl (C=O) groups is 2. The van der Waals surface area contributed by atoms with Gasteiger partial charge >= 0.3 is 11.9 Å². The van der Waals surface area contributed by atoms with Gasteiger partial charge in [0.25, 0.3) is 0 Å². The number of hydrogen-bond acceptors (Lipinski definition) is 4. The Morgan fingerprint density at radius 1 is 0.357 bits per heavy atom. The van der Waals surface area contributed by atoms with Gasteiger partial charge in [0.15, 0.2) is 0 Å². The van der Waals surface area contributed by atoms with Crippen molar-refractivity contribution >= 4 is 58.3 Å². The van der Waals surface area contributed by atoms with Crippen molar-refractivity contribution in [2.75, 3.05) is 0 Å². The Labute approximate surface area is 352 Å². The van der Waals surface area contributed by atoms with E-state index in [9.17, 15) is 9.59 Å². The lowest BCUT2D eigenvalue weighted by Crippen LogP contribution is -3.00. The van der Waals surface area contributed by atoms with Crippen LogP contribution in [0, 0.1) is 0 Å². The fourth-order valence-electron chi connectivity index (χ4n) is 7.34. The third kappa shape index (κ3) is 9.28. The van der Waals surface area contributed by atoms with Gasteiger partial charge in [-0.2, -0.15) is 0 Å². The third-order valence-electron chi connectivity index (χ3n) is 9.73. The molecule has 0 N–H and O–H groups in total. The SMILES string of the molecule is CC(=O)Oc1ccc([P+](Cc2ccc(C[P+](c3ccccc3)(c3ccccc3)c3ccc(OC(C)=O)cc3)cc2)(c2ccccc2)c2ccccc2)cc1.[Br-].[Br-]. The molecule has 0 unspecified atom stereocenters. The molecule has 0 saturated heterocycles. The molecule has 0 bridgehead atoms. The van der Waals surface area contributed by atoms with Gasteiger partial charge in [0.05, 0.1) is 12.3 Å². The summed E-state index contributed by atoms with van der Waals surface area (Å²) in [5.41, 5.74) is 2.50. The van der Waals surface area contributed by atoms with E-state index in [1.54, 1.807) is 0 Å². The molecule has 0 spiro atoms. The van der Waals surface area contributed by atoms with E-state index in [1.165, 1.54) is 56.8 Å². The molecular weight excluding hydrogens is 862 g/mol. The monoisotopic (exact) mass is 902 g/mol. The van der Waals surface area contributed by atoms with Crippen molar-refractivity contribution in [3.63, 3.8) is 0 Å². The maximum atomic E-state index is 11.8. The summed E-state index contributed by atoms with van der Waals surface area (Å²) in [5, 5.41) is 7.59. The van der Waals surface area contributed by atoms with Gasteiger partial charge in [-0.1, -0.05) is 97.1 Å². The molecule has 0 radical (unpaired) electrons. The topological polar surface area (TPSA) is 52.6 Å². The minimum Gasteiger partial charge on any atom is -1.00 e. The second kappa shape index (κ2) is 19.4. The molecule has 7 aromatic rings. The van der Waals surface area contributed by atoms with Crippen molar-refractivity contribution in [3.05, 3.63) is 205 Å². The van der Waals surface area contributed by atoms with E-state index in [2.05, 4.69) is 170 Å². The zero-order valence-electron chi connectivity index (χ0n) is 31.2. The molecule has 0 aliphatic carbocycles. The first-order valence-corrected chi connectivity index (χ1v) is 22.0. The van der Waals surface area contributed by atoms with Gasteiger partial charge < -0.3 is 43.4 Å². The van der Waals surface area contributed by atoms with Crippen LogP contribution in [0.4, 0.5) is 0 Å². The summed E-state index contributed by atoms with van der Waals surface area (Å²) in [5.74, 6) is 0.416. The second-order valence-electron chi connectivity index (χ2n) is 13.3. The first kappa shape index (κ1) is 42.4. The van der Waals surface area contributed by atoms with E-state index < -0.39 is 14.5 Å². The highest BCUT2D eigenvalue weighted by Gasteiger charge is 2.47. The summed E-state index contributed by atoms with van der Waals surface area (Å²) >= 11 is 0. The number of carbonyl (C=O) groups excluding carboxylic acids is 2. The van der Waals surface area contributed by atoms with Crippen LogP contribution in [0.2, 0.25) is 0 Å². The maximum Gasteiger partial charge on any atom is 0.308 e. The summed E-state index contributed by atoms with van der Waals surface area (Å²) in [6, 6.07) is 68.7. The predicted octanol–water partition coefficient (Wildman–Crippen LogP) is 2.53. The van der Waals surface area contributed by atoms with Crippen molar-refractivity contribution in [2.45, 2.75) is 26.2 Å². The summed E-state index contributed by atoms with van der Waals surface area (Å²) in [7, 11) is -4.43. The number of esters is 2. The Morgan fingerprint density at radius 2 is 0.589 bits per heavy atom. The fraction of sp³-hybridized carbons (Fsp3) is 0.0833. The van der Waals surface area contributed by atoms with E-state index in [1.807, 2.05) is 24.3 Å². The Hall–Kier alpha value is -4.70. The van der Waals surface area contributed by atoms with Crippen LogP contribution in [-0.2, 0) is 21.9 Å². The van der Waals surface area contributed by atoms with Crippen LogP contribution in [0.3, 0.4) is 0 Å². The first-order valence-electron chi connectivity index (χ1n) is 18.0. The van der Waals surface area contributed by atoms with E-state index in [0.717, 1.165) is 12.3 Å². The van der Waals surface area contributed by atoms with E-state index >= 15 is 0 Å². The van der Waals surface area contributed by atoms with Gasteiger partial charge in [0.1, 0.15) is 57.9 Å². The molecule has 7 aromatic carbocycles. The molecule has 0 atom stereocenters. The average Bonchev–Trinajstić information content (AvgIpc) is 3.21. The highest BCUT2D eigenvalue weighted by molar-refractivity contribution is 7.95. The molecule has 4 nitrogen and oxygen atoms in total. The standard InChI is InChI=1S/C48H42O4P2.2BrH/c1-37(49)51-41-27-31-47(32-28-41)53(43-15-7-3-8-16-43,44-17-9-4-10-18-44)35-39-23-25-40(26-24-39)36-54(45-19-11-5-12-20-45,46-21-13-6-14-22-46)48-33-29-42(30-34-48)52-38(2)50;;/h3-34H,35-36H2,1-2H3;2*1H/q+2;;/p-2. The van der Waals surface area contributed by atoms with Crippen molar-refractivity contribution in [1.29, 1.82) is 0 Å². The Morgan fingerprint density at radius 3 is 0.821 bits per heavy atom. The molecule has 0 aromatic heterocycles. The molecule has 0 aliphatic rings. The number of rotatable bonds is 12. The number of hydrogen-bond donors (Lipinski definition) is 0. The van der Waals surface area contributed by atoms with Crippen LogP contribution in [0.1, 0.15) is 25.0 Å². The predicted molar refractivity (Wildman–Crippen MR) is 227 cm³/mol. The smallest absolute Gasteiger partial charge is 0.308 e. The van der Waals surface area contributed by atoms with E-state index in [0.29, 0.717) is 11.5 Å². The summed E-state index contributed by atoms with van der Waals surface area (Å²) in [6.07, 6.45) is 1.65. The lowest BCUT2D eigenvalue weighted by molar-refractivity contribution is -0.132. The first-order chi connectivity index (χ1) is 26.4. The van der Waals surface area contributed by atoms with Crippen LogP contribution in [0.15, 0.2) is 194 Å². The highest BCUT2D eigenvalue weighted by Crippen LogP contribution is 2.60. The number of benzene rings is 7. The fourth-order valence-corrected chi connectivity index (χ4v) is 15.8. The number of ether oxygens (including phenoxy) is 2. The summed E-state index contributed by atoms with van der Waals surface area (Å²) in [4.78, 5) is 23.5. The van der Waals surface area contributed by atoms with Crippen molar-refractivity contribution < 1.29 is 53.0 Å². The van der Waals surface area contributed by atoms with Gasteiger partial charge in [-0.05, 0) is 108 Å². The van der Waals surface area contributed by atoms with Crippen LogP contribution >= 0.6 is 14.5 Å². The quantitative estimate of drug-likeness (QED) is 0.108. The Bertz CT molecular complexity index is 2060. The van der Waals surface area contributed by atoms with Crippen LogP contribution < -0.4 is 75.3 Å². The highest BCUT2D eigenvalue weighted by atomic mass is 79.9. The molecule has 282 valence electrons. The summed E-state index contributed by atoms with van der Waals surface area (Å²) < 4.78 is 10.9. The molecule has 0 fully saturated rings.